The molecule has 1 aliphatic rings. The molecule has 0 saturated carbocycles. The van der Waals surface area contributed by atoms with Gasteiger partial charge in [0, 0.05) is 12.3 Å². The maximum atomic E-state index is 11.0. The molecule has 6 heteroatoms. The van der Waals surface area contributed by atoms with Gasteiger partial charge in [0.05, 0.1) is 0 Å². The molecule has 0 fully saturated rings. The van der Waals surface area contributed by atoms with Crippen molar-refractivity contribution in [3.05, 3.63) is 47.7 Å². The smallest absolute Gasteiger partial charge is 0.377 e. The second-order valence-corrected chi connectivity index (χ2v) is 4.25. The van der Waals surface area contributed by atoms with Crippen molar-refractivity contribution in [3.63, 3.8) is 0 Å². The zero-order valence-electron chi connectivity index (χ0n) is 9.81. The first kappa shape index (κ1) is 13.1. The molecule has 0 aromatic heterocycles. The van der Waals surface area contributed by atoms with Crippen LogP contribution in [0.1, 0.15) is 17.9 Å². The zero-order valence-corrected chi connectivity index (χ0v) is 9.81. The van der Waals surface area contributed by atoms with E-state index in [0.29, 0.717) is 5.56 Å². The Morgan fingerprint density at radius 3 is 2.37 bits per heavy atom. The minimum Gasteiger partial charge on any atom is -0.476 e. The maximum absolute atomic E-state index is 11.0. The molecule has 1 aromatic carbocycles. The van der Waals surface area contributed by atoms with Crippen LogP contribution in [-0.4, -0.2) is 33.0 Å². The molecule has 19 heavy (non-hydrogen) atoms. The lowest BCUT2D eigenvalue weighted by molar-refractivity contribution is -0.218. The topological polar surface area (TPSA) is 104 Å². The average Bonchev–Trinajstić information content (AvgIpc) is 2.39. The Hall–Kier alpha value is -2.34. The summed E-state index contributed by atoms with van der Waals surface area (Å²) in [5, 5.41) is 27.8. The average molecular weight is 264 g/mol. The summed E-state index contributed by atoms with van der Waals surface area (Å²) in [7, 11) is 0. The van der Waals surface area contributed by atoms with E-state index in [1.54, 1.807) is 30.3 Å². The normalized spacial score (nSPS) is 26.2. The van der Waals surface area contributed by atoms with Crippen molar-refractivity contribution in [2.45, 2.75) is 18.1 Å². The van der Waals surface area contributed by atoms with Gasteiger partial charge in [-0.05, 0) is 11.6 Å². The Balaban J connectivity index is 2.41. The second-order valence-electron chi connectivity index (χ2n) is 4.25. The molecule has 3 N–H and O–H groups in total. The van der Waals surface area contributed by atoms with Crippen molar-refractivity contribution >= 4 is 11.9 Å². The molecule has 1 aliphatic heterocycles. The molecular formula is C13H12O6. The first-order valence-corrected chi connectivity index (χ1v) is 5.57. The molecule has 6 nitrogen and oxygen atoms in total. The van der Waals surface area contributed by atoms with Crippen LogP contribution in [0.2, 0.25) is 0 Å². The summed E-state index contributed by atoms with van der Waals surface area (Å²) in [6.07, 6.45) is 1.05. The highest BCUT2D eigenvalue weighted by Crippen LogP contribution is 2.35. The number of carboxylic acids is 2. The van der Waals surface area contributed by atoms with Gasteiger partial charge < -0.3 is 20.1 Å². The SMILES string of the molecule is O=C(O)C1=CC(c2ccccc2)CC(O)(C(=O)O)O1. The Morgan fingerprint density at radius 2 is 1.84 bits per heavy atom. The zero-order chi connectivity index (χ0) is 14.0. The van der Waals surface area contributed by atoms with Gasteiger partial charge in [0.1, 0.15) is 0 Å². The molecule has 2 atom stereocenters. The van der Waals surface area contributed by atoms with Crippen molar-refractivity contribution in [1.82, 2.24) is 0 Å². The Labute approximate surface area is 108 Å². The highest BCUT2D eigenvalue weighted by molar-refractivity contribution is 5.86. The third-order valence-corrected chi connectivity index (χ3v) is 2.90. The van der Waals surface area contributed by atoms with Crippen molar-refractivity contribution in [1.29, 1.82) is 0 Å². The summed E-state index contributed by atoms with van der Waals surface area (Å²) in [4.78, 5) is 22.0. The van der Waals surface area contributed by atoms with Gasteiger partial charge in [-0.25, -0.2) is 9.59 Å². The predicted octanol–water partition coefficient (Wildman–Crippen LogP) is 0.932. The lowest BCUT2D eigenvalue weighted by atomic mass is 9.89. The molecule has 0 spiro atoms. The number of allylic oxidation sites excluding steroid dienone is 1. The third-order valence-electron chi connectivity index (χ3n) is 2.90. The van der Waals surface area contributed by atoms with Gasteiger partial charge in [-0.2, -0.15) is 0 Å². The van der Waals surface area contributed by atoms with Gasteiger partial charge in [-0.3, -0.25) is 0 Å². The maximum Gasteiger partial charge on any atom is 0.377 e. The van der Waals surface area contributed by atoms with Gasteiger partial charge in [0.25, 0.3) is 0 Å². The molecule has 0 saturated heterocycles. The van der Waals surface area contributed by atoms with E-state index in [-0.39, 0.29) is 6.42 Å². The van der Waals surface area contributed by atoms with Gasteiger partial charge in [-0.15, -0.1) is 0 Å². The number of hydrogen-bond donors (Lipinski definition) is 3. The molecule has 0 radical (unpaired) electrons. The summed E-state index contributed by atoms with van der Waals surface area (Å²) >= 11 is 0. The molecule has 0 bridgehead atoms. The summed E-state index contributed by atoms with van der Waals surface area (Å²) in [5.74, 6) is -6.66. The molecule has 2 rings (SSSR count). The largest absolute Gasteiger partial charge is 0.476 e. The number of rotatable bonds is 3. The second kappa shape index (κ2) is 4.74. The third kappa shape index (κ3) is 2.58. The molecule has 0 aliphatic carbocycles. The molecule has 1 heterocycles. The van der Waals surface area contributed by atoms with E-state index in [1.807, 2.05) is 0 Å². The van der Waals surface area contributed by atoms with Crippen LogP contribution in [-0.2, 0) is 14.3 Å². The fourth-order valence-corrected chi connectivity index (χ4v) is 1.96. The summed E-state index contributed by atoms with van der Waals surface area (Å²) in [6.45, 7) is 0. The van der Waals surface area contributed by atoms with E-state index < -0.39 is 29.4 Å². The number of ether oxygens (including phenoxy) is 1. The van der Waals surface area contributed by atoms with Crippen LogP contribution in [0.25, 0.3) is 0 Å². The minimum atomic E-state index is -2.52. The number of carbonyl (C=O) groups is 2. The lowest BCUT2D eigenvalue weighted by Gasteiger charge is -2.32. The number of carboxylic acid groups (broad SMARTS) is 2. The van der Waals surface area contributed by atoms with Crippen LogP contribution in [0.5, 0.6) is 0 Å². The first-order chi connectivity index (χ1) is 8.92. The van der Waals surface area contributed by atoms with Gasteiger partial charge in [-0.1, -0.05) is 30.3 Å². The summed E-state index contributed by atoms with van der Waals surface area (Å²) in [5.41, 5.74) is 0.712. The van der Waals surface area contributed by atoms with Crippen molar-refractivity contribution in [2.24, 2.45) is 0 Å². The van der Waals surface area contributed by atoms with Crippen molar-refractivity contribution in [3.8, 4) is 0 Å². The van der Waals surface area contributed by atoms with Gasteiger partial charge in [0.2, 0.25) is 5.76 Å². The van der Waals surface area contributed by atoms with Crippen LogP contribution >= 0.6 is 0 Å². The number of benzene rings is 1. The molecule has 1 aromatic rings. The van der Waals surface area contributed by atoms with Gasteiger partial charge >= 0.3 is 17.7 Å². The van der Waals surface area contributed by atoms with Crippen LogP contribution in [0.3, 0.4) is 0 Å². The number of aliphatic hydroxyl groups is 1. The molecular weight excluding hydrogens is 252 g/mol. The number of aliphatic carboxylic acids is 2. The highest BCUT2D eigenvalue weighted by atomic mass is 16.7. The molecule has 2 unspecified atom stereocenters. The molecule has 100 valence electrons. The highest BCUT2D eigenvalue weighted by Gasteiger charge is 2.46. The Bertz CT molecular complexity index is 535. The van der Waals surface area contributed by atoms with E-state index in [9.17, 15) is 14.7 Å². The van der Waals surface area contributed by atoms with Crippen molar-refractivity contribution in [2.75, 3.05) is 0 Å². The fraction of sp³-hybridized carbons (Fsp3) is 0.231. The van der Waals surface area contributed by atoms with E-state index in [0.717, 1.165) is 0 Å². The van der Waals surface area contributed by atoms with E-state index in [1.165, 1.54) is 6.08 Å². The quantitative estimate of drug-likeness (QED) is 0.750. The minimum absolute atomic E-state index is 0.247. The Morgan fingerprint density at radius 1 is 1.21 bits per heavy atom. The summed E-state index contributed by atoms with van der Waals surface area (Å²) < 4.78 is 4.67. The van der Waals surface area contributed by atoms with Gasteiger partial charge in [0.15, 0.2) is 0 Å². The molecule has 0 amide bonds. The van der Waals surface area contributed by atoms with Crippen molar-refractivity contribution < 1.29 is 29.6 Å². The predicted molar refractivity (Wildman–Crippen MR) is 63.2 cm³/mol. The van der Waals surface area contributed by atoms with Crippen LogP contribution in [0.15, 0.2) is 42.2 Å². The van der Waals surface area contributed by atoms with Crippen LogP contribution in [0.4, 0.5) is 0 Å². The summed E-state index contributed by atoms with van der Waals surface area (Å²) in [6, 6.07) is 8.74. The monoisotopic (exact) mass is 264 g/mol. The Kier molecular flexibility index (Phi) is 3.26. The standard InChI is InChI=1S/C13H12O6/c14-11(15)10-6-9(8-4-2-1-3-5-8)7-13(18,19-10)12(16)17/h1-6,9,18H,7H2,(H,14,15)(H,16,17). The van der Waals surface area contributed by atoms with E-state index in [2.05, 4.69) is 4.74 Å². The fourth-order valence-electron chi connectivity index (χ4n) is 1.96. The van der Waals surface area contributed by atoms with Crippen LogP contribution in [0, 0.1) is 0 Å². The number of hydrogen-bond acceptors (Lipinski definition) is 4. The lowest BCUT2D eigenvalue weighted by Crippen LogP contribution is -2.45. The van der Waals surface area contributed by atoms with Crippen LogP contribution < -0.4 is 0 Å². The van der Waals surface area contributed by atoms with E-state index in [4.69, 9.17) is 10.2 Å². The van der Waals surface area contributed by atoms with E-state index >= 15 is 0 Å². The first-order valence-electron chi connectivity index (χ1n) is 5.57.